The minimum atomic E-state index is -4.49. The molecule has 1 saturated heterocycles. The quantitative estimate of drug-likeness (QED) is 0.702. The van der Waals surface area contributed by atoms with E-state index in [0.29, 0.717) is 6.42 Å². The van der Waals surface area contributed by atoms with Crippen molar-refractivity contribution in [2.45, 2.75) is 63.8 Å². The molecule has 0 spiro atoms. The third-order valence-electron chi connectivity index (χ3n) is 5.36. The number of fused-ring (bicyclic) bond motifs is 1. The molecular formula is C19H24F3N3O2. The summed E-state index contributed by atoms with van der Waals surface area (Å²) < 4.78 is 38.3. The highest BCUT2D eigenvalue weighted by Gasteiger charge is 2.46. The minimum Gasteiger partial charge on any atom is -0.382 e. The third-order valence-corrected chi connectivity index (χ3v) is 5.36. The van der Waals surface area contributed by atoms with Gasteiger partial charge >= 0.3 is 6.18 Å². The molecular weight excluding hydrogens is 359 g/mol. The maximum Gasteiger partial charge on any atom is 0.408 e. The summed E-state index contributed by atoms with van der Waals surface area (Å²) in [5, 5.41) is 8.27. The van der Waals surface area contributed by atoms with Gasteiger partial charge in [0.2, 0.25) is 11.8 Å². The van der Waals surface area contributed by atoms with E-state index in [0.717, 1.165) is 23.2 Å². The Morgan fingerprint density at radius 2 is 2.00 bits per heavy atom. The molecule has 3 rings (SSSR count). The van der Waals surface area contributed by atoms with Gasteiger partial charge in [-0.05, 0) is 44.2 Å². The number of nitrogens with one attached hydrogen (secondary N) is 3. The number of carbonyl (C=O) groups is 2. The van der Waals surface area contributed by atoms with Crippen molar-refractivity contribution in [3.63, 3.8) is 0 Å². The minimum absolute atomic E-state index is 0.106. The van der Waals surface area contributed by atoms with Crippen LogP contribution in [0.2, 0.25) is 0 Å². The lowest BCUT2D eigenvalue weighted by molar-refractivity contribution is -0.171. The first-order valence-electron chi connectivity index (χ1n) is 9.23. The molecule has 3 N–H and O–H groups in total. The van der Waals surface area contributed by atoms with Crippen LogP contribution in [0.4, 0.5) is 18.9 Å². The van der Waals surface area contributed by atoms with E-state index in [1.807, 2.05) is 37.4 Å². The highest BCUT2D eigenvalue weighted by atomic mass is 19.4. The normalized spacial score (nSPS) is 28.0. The van der Waals surface area contributed by atoms with Crippen molar-refractivity contribution in [3.8, 4) is 0 Å². The number of alkyl halides is 3. The summed E-state index contributed by atoms with van der Waals surface area (Å²) in [6, 6.07) is 3.97. The molecule has 1 aromatic carbocycles. The fourth-order valence-electron chi connectivity index (χ4n) is 3.77. The number of piperidine rings is 1. The second kappa shape index (κ2) is 7.40. The van der Waals surface area contributed by atoms with Crippen LogP contribution in [0, 0.1) is 12.8 Å². The topological polar surface area (TPSA) is 70.2 Å². The number of hydrogen-bond acceptors (Lipinski definition) is 3. The van der Waals surface area contributed by atoms with Crippen molar-refractivity contribution in [1.29, 1.82) is 0 Å². The van der Waals surface area contributed by atoms with E-state index >= 15 is 0 Å². The Morgan fingerprint density at radius 3 is 2.63 bits per heavy atom. The molecule has 2 aliphatic rings. The molecule has 0 aromatic heterocycles. The van der Waals surface area contributed by atoms with Crippen molar-refractivity contribution in [2.24, 2.45) is 5.92 Å². The number of amides is 2. The molecule has 3 unspecified atom stereocenters. The highest BCUT2D eigenvalue weighted by molar-refractivity contribution is 6.01. The molecule has 8 heteroatoms. The zero-order valence-electron chi connectivity index (χ0n) is 15.3. The molecule has 2 aliphatic heterocycles. The van der Waals surface area contributed by atoms with Crippen LogP contribution in [-0.4, -0.2) is 30.1 Å². The number of carbonyl (C=O) groups excluding carboxylic acids is 2. The molecule has 1 aromatic rings. The number of hydrogen-bond donors (Lipinski definition) is 3. The van der Waals surface area contributed by atoms with Crippen LogP contribution in [-0.2, 0) is 9.59 Å². The van der Waals surface area contributed by atoms with Gasteiger partial charge in [-0.3, -0.25) is 9.59 Å². The summed E-state index contributed by atoms with van der Waals surface area (Å²) in [6.45, 7) is 4.00. The molecule has 0 radical (unpaired) electrons. The Balaban J connectivity index is 1.73. The molecule has 4 atom stereocenters. The molecule has 27 heavy (non-hydrogen) atoms. The highest BCUT2D eigenvalue weighted by Crippen LogP contribution is 2.35. The van der Waals surface area contributed by atoms with Crippen molar-refractivity contribution in [3.05, 3.63) is 29.3 Å². The molecule has 0 saturated carbocycles. The summed E-state index contributed by atoms with van der Waals surface area (Å²) in [6.07, 6.45) is -3.34. The van der Waals surface area contributed by atoms with E-state index in [2.05, 4.69) is 10.6 Å². The van der Waals surface area contributed by atoms with Crippen LogP contribution < -0.4 is 16.0 Å². The van der Waals surface area contributed by atoms with Gasteiger partial charge in [0.1, 0.15) is 12.0 Å². The standard InChI is InChI=1S/C19H24F3N3O2/c1-3-11-9-15(13-8-10(2)4-6-14(13)23-11)24-17(26)12-5-7-16(19(20,21)22)25-18(12)27/h4,6,8,11-12,15-16,23H,3,5,7,9H2,1-2H3,(H,24,26)(H,25,27)/t11-,12?,15?,16?/m1/s1. The van der Waals surface area contributed by atoms with Gasteiger partial charge in [0.25, 0.3) is 0 Å². The zero-order valence-corrected chi connectivity index (χ0v) is 15.3. The smallest absolute Gasteiger partial charge is 0.382 e. The van der Waals surface area contributed by atoms with Crippen LogP contribution >= 0.6 is 0 Å². The van der Waals surface area contributed by atoms with Gasteiger partial charge in [-0.25, -0.2) is 0 Å². The molecule has 0 bridgehead atoms. The number of aryl methyl sites for hydroxylation is 1. The van der Waals surface area contributed by atoms with Crippen LogP contribution in [0.15, 0.2) is 18.2 Å². The van der Waals surface area contributed by atoms with Gasteiger partial charge in [-0.1, -0.05) is 24.6 Å². The molecule has 148 valence electrons. The van der Waals surface area contributed by atoms with E-state index in [-0.39, 0.29) is 24.9 Å². The third kappa shape index (κ3) is 4.20. The predicted molar refractivity (Wildman–Crippen MR) is 95.1 cm³/mol. The molecule has 1 fully saturated rings. The average Bonchev–Trinajstić information content (AvgIpc) is 2.60. The Morgan fingerprint density at radius 1 is 1.26 bits per heavy atom. The molecule has 2 heterocycles. The monoisotopic (exact) mass is 383 g/mol. The average molecular weight is 383 g/mol. The molecule has 0 aliphatic carbocycles. The Bertz CT molecular complexity index is 735. The number of benzene rings is 1. The van der Waals surface area contributed by atoms with Crippen molar-refractivity contribution < 1.29 is 22.8 Å². The zero-order chi connectivity index (χ0) is 19.8. The van der Waals surface area contributed by atoms with Gasteiger partial charge in [-0.15, -0.1) is 0 Å². The Labute approximate surface area is 156 Å². The summed E-state index contributed by atoms with van der Waals surface area (Å²) >= 11 is 0. The lowest BCUT2D eigenvalue weighted by atomic mass is 9.88. The van der Waals surface area contributed by atoms with Gasteiger partial charge in [-0.2, -0.15) is 13.2 Å². The lowest BCUT2D eigenvalue weighted by Crippen LogP contribution is -2.55. The fourth-order valence-corrected chi connectivity index (χ4v) is 3.77. The van der Waals surface area contributed by atoms with Crippen LogP contribution in [0.5, 0.6) is 0 Å². The molecule has 5 nitrogen and oxygen atoms in total. The van der Waals surface area contributed by atoms with Crippen LogP contribution in [0.1, 0.15) is 49.8 Å². The predicted octanol–water partition coefficient (Wildman–Crippen LogP) is 3.20. The van der Waals surface area contributed by atoms with Crippen molar-refractivity contribution in [2.75, 3.05) is 5.32 Å². The first-order chi connectivity index (χ1) is 12.7. The Kier molecular flexibility index (Phi) is 5.35. The Hall–Kier alpha value is -2.25. The second-order valence-corrected chi connectivity index (χ2v) is 7.37. The van der Waals surface area contributed by atoms with Gasteiger partial charge in [0.05, 0.1) is 6.04 Å². The van der Waals surface area contributed by atoms with Gasteiger partial charge < -0.3 is 16.0 Å². The maximum atomic E-state index is 12.8. The summed E-state index contributed by atoms with van der Waals surface area (Å²) in [5.74, 6) is -2.46. The first-order valence-corrected chi connectivity index (χ1v) is 9.23. The van der Waals surface area contributed by atoms with E-state index in [1.165, 1.54) is 0 Å². The van der Waals surface area contributed by atoms with E-state index in [9.17, 15) is 22.8 Å². The number of halogens is 3. The summed E-state index contributed by atoms with van der Waals surface area (Å²) in [7, 11) is 0. The van der Waals surface area contributed by atoms with Gasteiger partial charge in [0, 0.05) is 11.7 Å². The SMILES string of the molecule is CC[C@@H]1CC(NC(=O)C2CCC(C(F)(F)F)NC2=O)c2cc(C)ccc2N1. The second-order valence-electron chi connectivity index (χ2n) is 7.37. The van der Waals surface area contributed by atoms with E-state index in [4.69, 9.17) is 0 Å². The van der Waals surface area contributed by atoms with Crippen molar-refractivity contribution in [1.82, 2.24) is 10.6 Å². The number of anilines is 1. The maximum absolute atomic E-state index is 12.8. The van der Waals surface area contributed by atoms with E-state index < -0.39 is 30.0 Å². The fraction of sp³-hybridized carbons (Fsp3) is 0.579. The van der Waals surface area contributed by atoms with E-state index in [1.54, 1.807) is 0 Å². The van der Waals surface area contributed by atoms with Crippen LogP contribution in [0.25, 0.3) is 0 Å². The van der Waals surface area contributed by atoms with Gasteiger partial charge in [0.15, 0.2) is 0 Å². The largest absolute Gasteiger partial charge is 0.408 e. The lowest BCUT2D eigenvalue weighted by Gasteiger charge is -2.35. The molecule has 2 amide bonds. The van der Waals surface area contributed by atoms with Crippen LogP contribution in [0.3, 0.4) is 0 Å². The summed E-state index contributed by atoms with van der Waals surface area (Å²) in [5.41, 5.74) is 2.93. The first kappa shape index (κ1) is 19.5. The van der Waals surface area contributed by atoms with Crippen molar-refractivity contribution >= 4 is 17.5 Å². The number of rotatable bonds is 3. The summed E-state index contributed by atoms with van der Waals surface area (Å²) in [4.78, 5) is 24.7.